The average Bonchev–Trinajstić information content (AvgIpc) is 2.68. The molecule has 0 saturated heterocycles. The Balaban J connectivity index is 1.63. The summed E-state index contributed by atoms with van der Waals surface area (Å²) in [6.07, 6.45) is 4.03. The summed E-state index contributed by atoms with van der Waals surface area (Å²) in [7, 11) is 0. The largest absolute Gasteiger partial charge is 0.480 e. The highest BCUT2D eigenvalue weighted by Gasteiger charge is 2.26. The molecule has 0 unspecified atom stereocenters. The predicted octanol–water partition coefficient (Wildman–Crippen LogP) is 4.10. The Morgan fingerprint density at radius 1 is 0.885 bits per heavy atom. The molecule has 1 fully saturated rings. The maximum atomic E-state index is 10.7. The van der Waals surface area contributed by atoms with Crippen LogP contribution in [0.3, 0.4) is 0 Å². The third-order valence-electron chi connectivity index (χ3n) is 5.06. The van der Waals surface area contributed by atoms with Gasteiger partial charge in [0.1, 0.15) is 6.61 Å². The quantitative estimate of drug-likeness (QED) is 0.776. The normalized spacial score (nSPS) is 20.2. The smallest absolute Gasteiger partial charge is 0.329 e. The molecule has 2 aromatic rings. The van der Waals surface area contributed by atoms with Crippen LogP contribution in [0.15, 0.2) is 60.7 Å². The molecule has 1 saturated carbocycles. The first-order chi connectivity index (χ1) is 12.7. The van der Waals surface area contributed by atoms with Gasteiger partial charge in [-0.1, -0.05) is 60.7 Å². The Morgan fingerprint density at radius 2 is 1.38 bits per heavy atom. The topological polar surface area (TPSA) is 49.8 Å². The third kappa shape index (κ3) is 5.68. The van der Waals surface area contributed by atoms with Crippen molar-refractivity contribution in [1.82, 2.24) is 4.90 Å². The van der Waals surface area contributed by atoms with Crippen LogP contribution in [0.1, 0.15) is 36.8 Å². The number of rotatable bonds is 8. The minimum atomic E-state index is -0.887. The van der Waals surface area contributed by atoms with Crippen molar-refractivity contribution < 1.29 is 14.6 Å². The summed E-state index contributed by atoms with van der Waals surface area (Å²) in [5.41, 5.74) is 2.65. The maximum Gasteiger partial charge on any atom is 0.329 e. The standard InChI is InChI=1S/C22H27NO3/c24-22(25)17-26-21-13-11-20(12-14-21)23(15-18-7-3-1-4-8-18)16-19-9-5-2-6-10-19/h1-10,20-21H,11-17H2,(H,24,25)/t20-,21-. The van der Waals surface area contributed by atoms with Crippen molar-refractivity contribution in [3.05, 3.63) is 71.8 Å². The van der Waals surface area contributed by atoms with Gasteiger partial charge in [-0.15, -0.1) is 0 Å². The van der Waals surface area contributed by atoms with Crippen molar-refractivity contribution in [1.29, 1.82) is 0 Å². The highest BCUT2D eigenvalue weighted by atomic mass is 16.5. The Morgan fingerprint density at radius 3 is 1.85 bits per heavy atom. The monoisotopic (exact) mass is 353 g/mol. The summed E-state index contributed by atoms with van der Waals surface area (Å²) in [6, 6.07) is 21.7. The van der Waals surface area contributed by atoms with Crippen molar-refractivity contribution >= 4 is 5.97 Å². The van der Waals surface area contributed by atoms with Crippen LogP contribution in [0.2, 0.25) is 0 Å². The van der Waals surface area contributed by atoms with E-state index in [1.807, 2.05) is 0 Å². The zero-order valence-corrected chi connectivity index (χ0v) is 15.1. The van der Waals surface area contributed by atoms with Gasteiger partial charge in [0.05, 0.1) is 6.10 Å². The Kier molecular flexibility index (Phi) is 6.81. The van der Waals surface area contributed by atoms with E-state index in [0.29, 0.717) is 6.04 Å². The lowest BCUT2D eigenvalue weighted by molar-refractivity contribution is -0.145. The summed E-state index contributed by atoms with van der Waals surface area (Å²) in [5, 5.41) is 8.78. The summed E-state index contributed by atoms with van der Waals surface area (Å²) < 4.78 is 5.49. The minimum absolute atomic E-state index is 0.0812. The van der Waals surface area contributed by atoms with E-state index in [-0.39, 0.29) is 12.7 Å². The van der Waals surface area contributed by atoms with Crippen molar-refractivity contribution in [3.8, 4) is 0 Å². The molecular weight excluding hydrogens is 326 g/mol. The summed E-state index contributed by atoms with van der Waals surface area (Å²) >= 11 is 0. The van der Waals surface area contributed by atoms with Crippen LogP contribution in [0.5, 0.6) is 0 Å². The zero-order chi connectivity index (χ0) is 18.2. The van der Waals surface area contributed by atoms with Crippen LogP contribution < -0.4 is 0 Å². The van der Waals surface area contributed by atoms with Crippen molar-refractivity contribution in [2.24, 2.45) is 0 Å². The predicted molar refractivity (Wildman–Crippen MR) is 102 cm³/mol. The lowest BCUT2D eigenvalue weighted by Gasteiger charge is -2.37. The summed E-state index contributed by atoms with van der Waals surface area (Å²) in [5.74, 6) is -0.887. The van der Waals surface area contributed by atoms with Gasteiger partial charge in [-0.2, -0.15) is 0 Å². The third-order valence-corrected chi connectivity index (χ3v) is 5.06. The molecule has 1 aliphatic carbocycles. The lowest BCUT2D eigenvalue weighted by Crippen LogP contribution is -2.39. The van der Waals surface area contributed by atoms with Crippen LogP contribution >= 0.6 is 0 Å². The number of carboxylic acids is 1. The van der Waals surface area contributed by atoms with Gasteiger partial charge in [0.15, 0.2) is 0 Å². The lowest BCUT2D eigenvalue weighted by atomic mass is 9.91. The molecule has 0 amide bonds. The van der Waals surface area contributed by atoms with Gasteiger partial charge in [-0.3, -0.25) is 4.90 Å². The van der Waals surface area contributed by atoms with Gasteiger partial charge in [-0.05, 0) is 36.8 Å². The molecule has 0 atom stereocenters. The minimum Gasteiger partial charge on any atom is -0.480 e. The number of ether oxygens (including phenoxy) is 1. The maximum absolute atomic E-state index is 10.7. The highest BCUT2D eigenvalue weighted by molar-refractivity contribution is 5.68. The second-order valence-electron chi connectivity index (χ2n) is 7.01. The van der Waals surface area contributed by atoms with E-state index in [0.717, 1.165) is 38.8 Å². The number of nitrogens with zero attached hydrogens (tertiary/aromatic N) is 1. The first-order valence-corrected chi connectivity index (χ1v) is 9.36. The van der Waals surface area contributed by atoms with Crippen LogP contribution in [0.4, 0.5) is 0 Å². The molecule has 4 heteroatoms. The van der Waals surface area contributed by atoms with Gasteiger partial charge in [0.2, 0.25) is 0 Å². The molecular formula is C22H27NO3. The molecule has 0 aromatic heterocycles. The van der Waals surface area contributed by atoms with E-state index < -0.39 is 5.97 Å². The number of carbonyl (C=O) groups is 1. The molecule has 26 heavy (non-hydrogen) atoms. The van der Waals surface area contributed by atoms with Gasteiger partial charge in [-0.25, -0.2) is 4.79 Å². The second kappa shape index (κ2) is 9.51. The van der Waals surface area contributed by atoms with Gasteiger partial charge >= 0.3 is 5.97 Å². The van der Waals surface area contributed by atoms with Gasteiger partial charge in [0, 0.05) is 19.1 Å². The van der Waals surface area contributed by atoms with Crippen molar-refractivity contribution in [2.45, 2.75) is 50.9 Å². The molecule has 1 aliphatic rings. The summed E-state index contributed by atoms with van der Waals surface area (Å²) in [4.78, 5) is 13.2. The van der Waals surface area contributed by atoms with Crippen LogP contribution in [-0.4, -0.2) is 34.7 Å². The fourth-order valence-electron chi connectivity index (χ4n) is 3.72. The number of hydrogen-bond acceptors (Lipinski definition) is 3. The molecule has 138 valence electrons. The molecule has 4 nitrogen and oxygen atoms in total. The molecule has 2 aromatic carbocycles. The van der Waals surface area contributed by atoms with Crippen LogP contribution in [0, 0.1) is 0 Å². The van der Waals surface area contributed by atoms with E-state index in [4.69, 9.17) is 9.84 Å². The molecule has 1 N–H and O–H groups in total. The van der Waals surface area contributed by atoms with E-state index in [9.17, 15) is 4.79 Å². The molecule has 0 bridgehead atoms. The van der Waals surface area contributed by atoms with E-state index >= 15 is 0 Å². The second-order valence-corrected chi connectivity index (χ2v) is 7.01. The van der Waals surface area contributed by atoms with Crippen LogP contribution in [-0.2, 0) is 22.6 Å². The number of carboxylic acid groups (broad SMARTS) is 1. The van der Waals surface area contributed by atoms with E-state index in [1.165, 1.54) is 11.1 Å². The molecule has 0 heterocycles. The molecule has 3 rings (SSSR count). The highest BCUT2D eigenvalue weighted by Crippen LogP contribution is 2.27. The zero-order valence-electron chi connectivity index (χ0n) is 15.1. The van der Waals surface area contributed by atoms with Crippen molar-refractivity contribution in [2.75, 3.05) is 6.61 Å². The van der Waals surface area contributed by atoms with Gasteiger partial charge < -0.3 is 9.84 Å². The first kappa shape index (κ1) is 18.6. The Labute approximate surface area is 155 Å². The molecule has 0 radical (unpaired) electrons. The first-order valence-electron chi connectivity index (χ1n) is 9.36. The average molecular weight is 353 g/mol. The molecule has 0 aliphatic heterocycles. The van der Waals surface area contributed by atoms with Gasteiger partial charge in [0.25, 0.3) is 0 Å². The Hall–Kier alpha value is -2.17. The number of hydrogen-bond donors (Lipinski definition) is 1. The SMILES string of the molecule is O=C(O)CO[C@H]1CC[C@H](N(Cc2ccccc2)Cc2ccccc2)CC1. The van der Waals surface area contributed by atoms with E-state index in [2.05, 4.69) is 65.6 Å². The number of benzene rings is 2. The van der Waals surface area contributed by atoms with Crippen LogP contribution in [0.25, 0.3) is 0 Å². The fraction of sp³-hybridized carbons (Fsp3) is 0.409. The molecule has 0 spiro atoms. The van der Waals surface area contributed by atoms with Crippen molar-refractivity contribution in [3.63, 3.8) is 0 Å². The van der Waals surface area contributed by atoms with E-state index in [1.54, 1.807) is 0 Å². The fourth-order valence-corrected chi connectivity index (χ4v) is 3.72. The number of aliphatic carboxylic acids is 1. The summed E-state index contributed by atoms with van der Waals surface area (Å²) in [6.45, 7) is 1.68. The Bertz CT molecular complexity index is 625.